The van der Waals surface area contributed by atoms with E-state index < -0.39 is 29.1 Å². The molecule has 0 fully saturated rings. The number of carbonyl (C=O) groups excluding carboxylic acids is 2. The van der Waals surface area contributed by atoms with Crippen LogP contribution in [0.3, 0.4) is 0 Å². The highest BCUT2D eigenvalue weighted by Crippen LogP contribution is 2.17. The standard InChI is InChI=1S/C15H10F2N4O2/c16-8-1-3-10(17)12(5-8)21-15(23)14(22)20-9-2-4-11-13(6-9)19-7-18-11/h1-7H,(H,18,19)(H,20,22)(H,21,23). The first-order chi connectivity index (χ1) is 11.0. The van der Waals surface area contributed by atoms with E-state index in [1.165, 1.54) is 6.33 Å². The van der Waals surface area contributed by atoms with E-state index >= 15 is 0 Å². The van der Waals surface area contributed by atoms with E-state index in [-0.39, 0.29) is 0 Å². The van der Waals surface area contributed by atoms with Gasteiger partial charge in [-0.25, -0.2) is 13.8 Å². The maximum Gasteiger partial charge on any atom is 0.314 e. The molecule has 1 heterocycles. The zero-order chi connectivity index (χ0) is 16.4. The second kappa shape index (κ2) is 5.84. The number of halogens is 2. The van der Waals surface area contributed by atoms with Gasteiger partial charge in [0, 0.05) is 11.8 Å². The molecule has 0 radical (unpaired) electrons. The van der Waals surface area contributed by atoms with Crippen molar-refractivity contribution in [3.05, 3.63) is 54.4 Å². The Balaban J connectivity index is 1.72. The molecule has 0 atom stereocenters. The molecule has 0 aliphatic rings. The Morgan fingerprint density at radius 3 is 2.61 bits per heavy atom. The Morgan fingerprint density at radius 1 is 1.00 bits per heavy atom. The van der Waals surface area contributed by atoms with Crippen molar-refractivity contribution in [2.75, 3.05) is 10.6 Å². The fraction of sp³-hybridized carbons (Fsp3) is 0. The average molecular weight is 316 g/mol. The molecule has 0 aliphatic carbocycles. The van der Waals surface area contributed by atoms with Crippen molar-refractivity contribution in [1.29, 1.82) is 0 Å². The van der Waals surface area contributed by atoms with Gasteiger partial charge in [0.05, 0.1) is 23.0 Å². The molecular weight excluding hydrogens is 306 g/mol. The van der Waals surface area contributed by atoms with E-state index in [2.05, 4.69) is 15.3 Å². The first kappa shape index (κ1) is 14.6. The molecule has 3 aromatic rings. The van der Waals surface area contributed by atoms with Crippen LogP contribution in [0.2, 0.25) is 0 Å². The summed E-state index contributed by atoms with van der Waals surface area (Å²) < 4.78 is 26.5. The number of benzene rings is 2. The topological polar surface area (TPSA) is 86.9 Å². The number of hydrogen-bond acceptors (Lipinski definition) is 3. The molecule has 0 saturated carbocycles. The number of anilines is 2. The maximum atomic E-state index is 13.4. The van der Waals surface area contributed by atoms with E-state index in [1.54, 1.807) is 18.2 Å². The number of imidazole rings is 1. The fourth-order valence-electron chi connectivity index (χ4n) is 1.97. The van der Waals surface area contributed by atoms with Crippen molar-refractivity contribution >= 4 is 34.2 Å². The summed E-state index contributed by atoms with van der Waals surface area (Å²) in [6, 6.07) is 7.37. The lowest BCUT2D eigenvalue weighted by Crippen LogP contribution is -2.29. The summed E-state index contributed by atoms with van der Waals surface area (Å²) in [5.41, 5.74) is 1.34. The minimum absolute atomic E-state index is 0.363. The summed E-state index contributed by atoms with van der Waals surface area (Å²) in [7, 11) is 0. The van der Waals surface area contributed by atoms with Gasteiger partial charge in [0.2, 0.25) is 0 Å². The number of amides is 2. The predicted octanol–water partition coefficient (Wildman–Crippen LogP) is 2.42. The lowest BCUT2D eigenvalue weighted by atomic mass is 10.2. The van der Waals surface area contributed by atoms with Crippen LogP contribution in [0, 0.1) is 11.6 Å². The molecule has 23 heavy (non-hydrogen) atoms. The lowest BCUT2D eigenvalue weighted by molar-refractivity contribution is -0.133. The number of rotatable bonds is 2. The van der Waals surface area contributed by atoms with Crippen LogP contribution >= 0.6 is 0 Å². The van der Waals surface area contributed by atoms with Crippen LogP contribution in [0.25, 0.3) is 11.0 Å². The summed E-state index contributed by atoms with van der Waals surface area (Å²) in [6.45, 7) is 0. The number of aromatic nitrogens is 2. The van der Waals surface area contributed by atoms with E-state index in [1.807, 2.05) is 5.32 Å². The minimum Gasteiger partial charge on any atom is -0.345 e. The molecule has 0 unspecified atom stereocenters. The van der Waals surface area contributed by atoms with Crippen LogP contribution in [0.1, 0.15) is 0 Å². The Kier molecular flexibility index (Phi) is 3.71. The van der Waals surface area contributed by atoms with Gasteiger partial charge in [0.15, 0.2) is 0 Å². The second-order valence-corrected chi connectivity index (χ2v) is 4.67. The monoisotopic (exact) mass is 316 g/mol. The lowest BCUT2D eigenvalue weighted by Gasteiger charge is -2.07. The quantitative estimate of drug-likeness (QED) is 0.635. The van der Waals surface area contributed by atoms with Gasteiger partial charge in [-0.1, -0.05) is 0 Å². The third kappa shape index (κ3) is 3.15. The largest absolute Gasteiger partial charge is 0.345 e. The summed E-state index contributed by atoms with van der Waals surface area (Å²) in [5, 5.41) is 4.38. The van der Waals surface area contributed by atoms with Gasteiger partial charge in [-0.3, -0.25) is 9.59 Å². The van der Waals surface area contributed by atoms with Gasteiger partial charge < -0.3 is 15.6 Å². The zero-order valence-electron chi connectivity index (χ0n) is 11.6. The van der Waals surface area contributed by atoms with E-state index in [9.17, 15) is 18.4 Å². The van der Waals surface area contributed by atoms with Crippen LogP contribution in [0.4, 0.5) is 20.2 Å². The van der Waals surface area contributed by atoms with Gasteiger partial charge in [-0.2, -0.15) is 0 Å². The highest BCUT2D eigenvalue weighted by molar-refractivity contribution is 6.43. The first-order valence-electron chi connectivity index (χ1n) is 6.53. The van der Waals surface area contributed by atoms with Crippen molar-refractivity contribution in [3.8, 4) is 0 Å². The van der Waals surface area contributed by atoms with Crippen LogP contribution in [0.15, 0.2) is 42.7 Å². The molecule has 1 aromatic heterocycles. The molecule has 0 aliphatic heterocycles. The fourth-order valence-corrected chi connectivity index (χ4v) is 1.97. The van der Waals surface area contributed by atoms with Gasteiger partial charge >= 0.3 is 11.8 Å². The number of hydrogen-bond donors (Lipinski definition) is 3. The van der Waals surface area contributed by atoms with Gasteiger partial charge in [-0.15, -0.1) is 0 Å². The summed E-state index contributed by atoms with van der Waals surface area (Å²) in [4.78, 5) is 30.5. The van der Waals surface area contributed by atoms with Crippen LogP contribution in [0.5, 0.6) is 0 Å². The number of H-pyrrole nitrogens is 1. The van der Waals surface area contributed by atoms with Crippen LogP contribution in [-0.4, -0.2) is 21.8 Å². The Morgan fingerprint density at radius 2 is 1.78 bits per heavy atom. The van der Waals surface area contributed by atoms with E-state index in [0.29, 0.717) is 16.7 Å². The molecule has 3 N–H and O–H groups in total. The van der Waals surface area contributed by atoms with Crippen molar-refractivity contribution in [3.63, 3.8) is 0 Å². The third-order valence-corrected chi connectivity index (χ3v) is 3.06. The highest BCUT2D eigenvalue weighted by atomic mass is 19.1. The predicted molar refractivity (Wildman–Crippen MR) is 79.7 cm³/mol. The Bertz CT molecular complexity index is 907. The summed E-state index contributed by atoms with van der Waals surface area (Å²) in [5.74, 6) is -3.69. The normalized spacial score (nSPS) is 10.5. The molecule has 0 spiro atoms. The smallest absolute Gasteiger partial charge is 0.314 e. The number of nitrogens with zero attached hydrogens (tertiary/aromatic N) is 1. The summed E-state index contributed by atoms with van der Waals surface area (Å²) in [6.07, 6.45) is 1.50. The molecule has 2 amide bonds. The van der Waals surface area contributed by atoms with Crippen molar-refractivity contribution in [2.45, 2.75) is 0 Å². The van der Waals surface area contributed by atoms with Crippen LogP contribution in [-0.2, 0) is 9.59 Å². The highest BCUT2D eigenvalue weighted by Gasteiger charge is 2.16. The molecular formula is C15H10F2N4O2. The third-order valence-electron chi connectivity index (χ3n) is 3.06. The van der Waals surface area contributed by atoms with E-state index in [4.69, 9.17) is 0 Å². The Labute approximate surface area is 128 Å². The summed E-state index contributed by atoms with van der Waals surface area (Å²) >= 11 is 0. The van der Waals surface area contributed by atoms with Crippen molar-refractivity contribution in [1.82, 2.24) is 9.97 Å². The number of nitrogens with one attached hydrogen (secondary N) is 3. The molecule has 116 valence electrons. The number of fused-ring (bicyclic) bond motifs is 1. The second-order valence-electron chi connectivity index (χ2n) is 4.67. The minimum atomic E-state index is -1.11. The molecule has 0 bridgehead atoms. The maximum absolute atomic E-state index is 13.4. The molecule has 6 nitrogen and oxygen atoms in total. The van der Waals surface area contributed by atoms with Crippen molar-refractivity contribution in [2.24, 2.45) is 0 Å². The Hall–Kier alpha value is -3.29. The number of carbonyl (C=O) groups is 2. The van der Waals surface area contributed by atoms with E-state index in [0.717, 1.165) is 18.2 Å². The first-order valence-corrected chi connectivity index (χ1v) is 6.53. The average Bonchev–Trinajstić information content (AvgIpc) is 2.98. The van der Waals surface area contributed by atoms with Crippen LogP contribution < -0.4 is 10.6 Å². The number of aromatic amines is 1. The molecule has 8 heteroatoms. The molecule has 3 rings (SSSR count). The van der Waals surface area contributed by atoms with Crippen molar-refractivity contribution < 1.29 is 18.4 Å². The van der Waals surface area contributed by atoms with Gasteiger partial charge in [-0.05, 0) is 30.3 Å². The molecule has 2 aromatic carbocycles. The van der Waals surface area contributed by atoms with Gasteiger partial charge in [0.1, 0.15) is 11.6 Å². The SMILES string of the molecule is O=C(Nc1ccc2nc[nH]c2c1)C(=O)Nc1cc(F)ccc1F. The molecule has 0 saturated heterocycles. The van der Waals surface area contributed by atoms with Gasteiger partial charge in [0.25, 0.3) is 0 Å². The zero-order valence-corrected chi connectivity index (χ0v) is 11.6.